The highest BCUT2D eigenvalue weighted by molar-refractivity contribution is 7.20. The van der Waals surface area contributed by atoms with E-state index in [0.717, 1.165) is 10.2 Å². The second kappa shape index (κ2) is 5.31. The van der Waals surface area contributed by atoms with Crippen LogP contribution in [-0.2, 0) is 6.42 Å². The zero-order valence-corrected chi connectivity index (χ0v) is 11.8. The molecule has 3 rings (SSSR count). The normalized spacial score (nSPS) is 10.9. The Bertz CT molecular complexity index is 746. The molecule has 0 amide bonds. The van der Waals surface area contributed by atoms with Crippen molar-refractivity contribution >= 4 is 38.9 Å². The first-order valence-electron chi connectivity index (χ1n) is 5.97. The first-order valence-corrected chi connectivity index (χ1v) is 7.16. The van der Waals surface area contributed by atoms with E-state index >= 15 is 0 Å². The maximum Gasteiger partial charge on any atom is 0.195 e. The van der Waals surface area contributed by atoms with Crippen LogP contribution in [0.25, 0.3) is 10.2 Å². The summed E-state index contributed by atoms with van der Waals surface area (Å²) in [6.07, 6.45) is -0.0780. The zero-order valence-electron chi connectivity index (χ0n) is 10.3. The maximum atomic E-state index is 13.7. The third-order valence-electron chi connectivity index (χ3n) is 2.93. The van der Waals surface area contributed by atoms with Gasteiger partial charge in [0.15, 0.2) is 10.8 Å². The molecule has 0 N–H and O–H groups in total. The van der Waals surface area contributed by atoms with Crippen molar-refractivity contribution in [3.8, 4) is 0 Å². The fourth-order valence-electron chi connectivity index (χ4n) is 1.93. The number of fused-ring (bicyclic) bond motifs is 1. The Balaban J connectivity index is 1.93. The van der Waals surface area contributed by atoms with Crippen molar-refractivity contribution in [1.82, 2.24) is 4.98 Å². The number of hydrogen-bond acceptors (Lipinski definition) is 3. The molecule has 0 aliphatic rings. The van der Waals surface area contributed by atoms with Gasteiger partial charge in [0.1, 0.15) is 5.82 Å². The second-order valence-electron chi connectivity index (χ2n) is 4.29. The van der Waals surface area contributed by atoms with Gasteiger partial charge >= 0.3 is 0 Å². The number of para-hydroxylation sites is 1. The van der Waals surface area contributed by atoms with Crippen LogP contribution in [0.3, 0.4) is 0 Å². The van der Waals surface area contributed by atoms with Crippen LogP contribution in [0.2, 0.25) is 5.02 Å². The number of benzene rings is 2. The van der Waals surface area contributed by atoms with Gasteiger partial charge in [0, 0.05) is 17.0 Å². The van der Waals surface area contributed by atoms with Gasteiger partial charge in [-0.2, -0.15) is 0 Å². The number of hydrogen-bond donors (Lipinski definition) is 0. The zero-order chi connectivity index (χ0) is 14.1. The van der Waals surface area contributed by atoms with Crippen LogP contribution in [0.5, 0.6) is 0 Å². The number of nitrogens with zero attached hydrogens (tertiary/aromatic N) is 1. The second-order valence-corrected chi connectivity index (χ2v) is 5.72. The lowest BCUT2D eigenvalue weighted by Gasteiger charge is -2.03. The van der Waals surface area contributed by atoms with Crippen molar-refractivity contribution in [2.45, 2.75) is 6.42 Å². The van der Waals surface area contributed by atoms with Crippen LogP contribution >= 0.6 is 22.9 Å². The third-order valence-corrected chi connectivity index (χ3v) is 4.36. The fraction of sp³-hybridized carbons (Fsp3) is 0.0667. The van der Waals surface area contributed by atoms with Crippen LogP contribution in [0.1, 0.15) is 15.4 Å². The van der Waals surface area contributed by atoms with E-state index in [-0.39, 0.29) is 22.8 Å². The largest absolute Gasteiger partial charge is 0.291 e. The third kappa shape index (κ3) is 2.44. The number of Topliss-reactive ketones (excluding diaryl/α,β-unsaturated/α-hetero) is 1. The van der Waals surface area contributed by atoms with Crippen molar-refractivity contribution in [3.63, 3.8) is 0 Å². The maximum absolute atomic E-state index is 13.7. The average Bonchev–Trinajstić information content (AvgIpc) is 2.87. The van der Waals surface area contributed by atoms with Gasteiger partial charge in [0.2, 0.25) is 0 Å². The van der Waals surface area contributed by atoms with Gasteiger partial charge < -0.3 is 0 Å². The lowest BCUT2D eigenvalue weighted by molar-refractivity contribution is 0.0991. The number of aromatic nitrogens is 1. The predicted octanol–water partition coefficient (Wildman–Crippen LogP) is 4.51. The lowest BCUT2D eigenvalue weighted by atomic mass is 10.1. The molecule has 5 heteroatoms. The summed E-state index contributed by atoms with van der Waals surface area (Å²) < 4.78 is 14.6. The van der Waals surface area contributed by atoms with Gasteiger partial charge in [-0.1, -0.05) is 29.8 Å². The minimum Gasteiger partial charge on any atom is -0.291 e. The lowest BCUT2D eigenvalue weighted by Crippen LogP contribution is -2.05. The Morgan fingerprint density at radius 1 is 1.20 bits per heavy atom. The highest BCUT2D eigenvalue weighted by atomic mass is 35.5. The van der Waals surface area contributed by atoms with E-state index < -0.39 is 5.82 Å². The Morgan fingerprint density at radius 2 is 2.00 bits per heavy atom. The number of rotatable bonds is 3. The predicted molar refractivity (Wildman–Crippen MR) is 79.1 cm³/mol. The molecule has 0 atom stereocenters. The van der Waals surface area contributed by atoms with Crippen LogP contribution in [0.4, 0.5) is 4.39 Å². The molecule has 0 aliphatic carbocycles. The number of halogens is 2. The minimum atomic E-state index is -0.466. The molecule has 0 aliphatic heterocycles. The summed E-state index contributed by atoms with van der Waals surface area (Å²) in [5.41, 5.74) is 0.999. The Kier molecular flexibility index (Phi) is 3.51. The van der Waals surface area contributed by atoms with Crippen LogP contribution in [0, 0.1) is 5.82 Å². The molecule has 2 nitrogen and oxygen atoms in total. The summed E-state index contributed by atoms with van der Waals surface area (Å²) in [5.74, 6) is -0.690. The topological polar surface area (TPSA) is 30.0 Å². The molecule has 1 heterocycles. The summed E-state index contributed by atoms with van der Waals surface area (Å²) in [7, 11) is 0. The number of carbonyl (C=O) groups excluding carboxylic acids is 1. The van der Waals surface area contributed by atoms with Gasteiger partial charge in [0.05, 0.1) is 10.2 Å². The average molecular weight is 306 g/mol. The molecular weight excluding hydrogens is 297 g/mol. The monoisotopic (exact) mass is 305 g/mol. The molecule has 0 saturated carbocycles. The summed E-state index contributed by atoms with van der Waals surface area (Å²) in [4.78, 5) is 16.5. The molecule has 20 heavy (non-hydrogen) atoms. The summed E-state index contributed by atoms with van der Waals surface area (Å²) >= 11 is 7.24. The first-order chi connectivity index (χ1) is 9.65. The van der Waals surface area contributed by atoms with Gasteiger partial charge in [-0.25, -0.2) is 9.37 Å². The van der Waals surface area contributed by atoms with Crippen LogP contribution < -0.4 is 0 Å². The molecule has 0 fully saturated rings. The Morgan fingerprint density at radius 3 is 2.75 bits per heavy atom. The SMILES string of the molecule is O=C(Cc1c(F)cccc1Cl)c1nc2ccccc2s1. The summed E-state index contributed by atoms with van der Waals surface area (Å²) in [6, 6.07) is 11.9. The van der Waals surface area contributed by atoms with Gasteiger partial charge in [0.25, 0.3) is 0 Å². The Labute approximate surface area is 123 Å². The quantitative estimate of drug-likeness (QED) is 0.666. The smallest absolute Gasteiger partial charge is 0.195 e. The summed E-state index contributed by atoms with van der Waals surface area (Å²) in [6.45, 7) is 0. The molecule has 1 aromatic heterocycles. The van der Waals surface area contributed by atoms with E-state index in [0.29, 0.717) is 5.01 Å². The molecule has 0 bridgehead atoms. The van der Waals surface area contributed by atoms with E-state index in [2.05, 4.69) is 4.98 Å². The van der Waals surface area contributed by atoms with E-state index in [4.69, 9.17) is 11.6 Å². The van der Waals surface area contributed by atoms with Crippen molar-refractivity contribution in [2.75, 3.05) is 0 Å². The number of thiazole rings is 1. The molecule has 0 unspecified atom stereocenters. The van der Waals surface area contributed by atoms with Crippen molar-refractivity contribution in [1.29, 1.82) is 0 Å². The van der Waals surface area contributed by atoms with Crippen LogP contribution in [0.15, 0.2) is 42.5 Å². The van der Waals surface area contributed by atoms with Crippen LogP contribution in [-0.4, -0.2) is 10.8 Å². The number of ketones is 1. The highest BCUT2D eigenvalue weighted by Gasteiger charge is 2.16. The molecule has 3 aromatic rings. The van der Waals surface area contributed by atoms with E-state index in [9.17, 15) is 9.18 Å². The molecular formula is C15H9ClFNOS. The van der Waals surface area contributed by atoms with Crippen molar-refractivity contribution < 1.29 is 9.18 Å². The highest BCUT2D eigenvalue weighted by Crippen LogP contribution is 2.25. The molecule has 100 valence electrons. The molecule has 2 aromatic carbocycles. The van der Waals surface area contributed by atoms with Gasteiger partial charge in [-0.3, -0.25) is 4.79 Å². The first kappa shape index (κ1) is 13.2. The minimum absolute atomic E-state index is 0.0780. The van der Waals surface area contributed by atoms with Crippen molar-refractivity contribution in [2.24, 2.45) is 0 Å². The Hall–Kier alpha value is -1.78. The van der Waals surface area contributed by atoms with Gasteiger partial charge in [-0.15, -0.1) is 11.3 Å². The standard InChI is InChI=1S/C15H9ClFNOS/c16-10-4-3-5-11(17)9(10)8-13(19)15-18-12-6-1-2-7-14(12)20-15/h1-7H,8H2. The van der Waals surface area contributed by atoms with E-state index in [1.807, 2.05) is 24.3 Å². The van der Waals surface area contributed by atoms with E-state index in [1.54, 1.807) is 6.07 Å². The fourth-order valence-corrected chi connectivity index (χ4v) is 3.06. The van der Waals surface area contributed by atoms with E-state index in [1.165, 1.54) is 23.5 Å². The van der Waals surface area contributed by atoms with Crippen molar-refractivity contribution in [3.05, 3.63) is 63.9 Å². The van der Waals surface area contributed by atoms with Gasteiger partial charge in [-0.05, 0) is 24.3 Å². The molecule has 0 spiro atoms. The number of carbonyl (C=O) groups is 1. The molecule has 0 radical (unpaired) electrons. The summed E-state index contributed by atoms with van der Waals surface area (Å²) in [5, 5.41) is 0.644. The molecule has 0 saturated heterocycles.